The van der Waals surface area contributed by atoms with Crippen molar-refractivity contribution in [2.75, 3.05) is 7.05 Å². The molecule has 19 heavy (non-hydrogen) atoms. The van der Waals surface area contributed by atoms with Crippen molar-refractivity contribution in [3.63, 3.8) is 0 Å². The third kappa shape index (κ3) is 3.18. The topological polar surface area (TPSA) is 74.7 Å². The Kier molecular flexibility index (Phi) is 4.82. The maximum absolute atomic E-state index is 12.4. The van der Waals surface area contributed by atoms with Crippen LogP contribution in [0.2, 0.25) is 0 Å². The van der Waals surface area contributed by atoms with Crippen molar-refractivity contribution in [2.24, 2.45) is 0 Å². The Labute approximate surface area is 128 Å². The molecule has 0 spiro atoms. The summed E-state index contributed by atoms with van der Waals surface area (Å²) in [6, 6.07) is 4.59. The molecule has 0 heterocycles. The van der Waals surface area contributed by atoms with Crippen molar-refractivity contribution < 1.29 is 18.3 Å². The second-order valence-corrected chi connectivity index (χ2v) is 8.12. The molecule has 1 rings (SSSR count). The minimum atomic E-state index is -3.90. The summed E-state index contributed by atoms with van der Waals surface area (Å²) in [6.45, 7) is 2.67. The van der Waals surface area contributed by atoms with Crippen LogP contribution in [-0.4, -0.2) is 36.4 Å². The highest BCUT2D eigenvalue weighted by molar-refractivity contribution is 9.11. The van der Waals surface area contributed by atoms with E-state index in [-0.39, 0.29) is 4.90 Å². The van der Waals surface area contributed by atoms with Gasteiger partial charge in [-0.05, 0) is 48.0 Å². The predicted molar refractivity (Wildman–Crippen MR) is 78.5 cm³/mol. The number of halogens is 2. The van der Waals surface area contributed by atoms with Crippen LogP contribution in [0.3, 0.4) is 0 Å². The number of aliphatic carboxylic acids is 1. The van der Waals surface area contributed by atoms with Gasteiger partial charge >= 0.3 is 5.97 Å². The lowest BCUT2D eigenvalue weighted by Crippen LogP contribution is -2.50. The monoisotopic (exact) mass is 413 g/mol. The Morgan fingerprint density at radius 1 is 1.32 bits per heavy atom. The fraction of sp³-hybridized carbons (Fsp3) is 0.364. The first-order valence-corrected chi connectivity index (χ1v) is 8.21. The summed E-state index contributed by atoms with van der Waals surface area (Å²) in [6.07, 6.45) is 0. The highest BCUT2D eigenvalue weighted by Gasteiger charge is 2.40. The Hall–Kier alpha value is -0.440. The number of nitrogens with zero attached hydrogens (tertiary/aromatic N) is 1. The van der Waals surface area contributed by atoms with Gasteiger partial charge in [-0.25, -0.2) is 8.42 Å². The van der Waals surface area contributed by atoms with Crippen LogP contribution in [0.4, 0.5) is 0 Å². The molecule has 0 atom stereocenters. The molecular weight excluding hydrogens is 402 g/mol. The lowest BCUT2D eigenvalue weighted by molar-refractivity contribution is -0.145. The van der Waals surface area contributed by atoms with E-state index in [1.165, 1.54) is 27.0 Å². The third-order valence-corrected chi connectivity index (χ3v) is 6.34. The smallest absolute Gasteiger partial charge is 0.324 e. The highest BCUT2D eigenvalue weighted by atomic mass is 79.9. The van der Waals surface area contributed by atoms with Gasteiger partial charge in [0.25, 0.3) is 0 Å². The Bertz CT molecular complexity index is 613. The van der Waals surface area contributed by atoms with E-state index in [1.54, 1.807) is 12.1 Å². The second-order valence-electron chi connectivity index (χ2n) is 4.41. The molecule has 0 radical (unpaired) electrons. The Balaban J connectivity index is 3.36. The first-order chi connectivity index (χ1) is 8.51. The van der Waals surface area contributed by atoms with Gasteiger partial charge in [-0.3, -0.25) is 4.79 Å². The first kappa shape index (κ1) is 16.6. The van der Waals surface area contributed by atoms with Gasteiger partial charge < -0.3 is 5.11 Å². The van der Waals surface area contributed by atoms with Crippen molar-refractivity contribution >= 4 is 47.9 Å². The molecule has 1 aromatic rings. The van der Waals surface area contributed by atoms with Crippen LogP contribution in [0.15, 0.2) is 32.0 Å². The third-order valence-electron chi connectivity index (χ3n) is 2.84. The molecule has 0 fully saturated rings. The highest BCUT2D eigenvalue weighted by Crippen LogP contribution is 2.30. The van der Waals surface area contributed by atoms with Crippen LogP contribution in [0.1, 0.15) is 13.8 Å². The van der Waals surface area contributed by atoms with Crippen molar-refractivity contribution in [3.8, 4) is 0 Å². The normalized spacial score (nSPS) is 12.7. The molecule has 0 saturated carbocycles. The molecule has 0 unspecified atom stereocenters. The molecule has 0 saturated heterocycles. The minimum absolute atomic E-state index is 0.0209. The van der Waals surface area contributed by atoms with E-state index in [0.29, 0.717) is 4.47 Å². The molecule has 1 N–H and O–H groups in total. The predicted octanol–water partition coefficient (Wildman–Crippen LogP) is 2.70. The van der Waals surface area contributed by atoms with Crippen molar-refractivity contribution in [1.29, 1.82) is 0 Å². The molecule has 106 valence electrons. The van der Waals surface area contributed by atoms with Crippen molar-refractivity contribution in [3.05, 3.63) is 27.1 Å². The number of rotatable bonds is 4. The van der Waals surface area contributed by atoms with Crippen LogP contribution in [0.25, 0.3) is 0 Å². The first-order valence-electron chi connectivity index (χ1n) is 5.18. The van der Waals surface area contributed by atoms with Crippen LogP contribution in [-0.2, 0) is 14.8 Å². The standard InChI is InChI=1S/C11H13Br2NO4S/c1-11(2,10(15)16)14(3)19(17,18)9-5-4-7(12)6-8(9)13/h4-6H,1-3H3,(H,15,16). The SMILES string of the molecule is CN(C(C)(C)C(=O)O)S(=O)(=O)c1ccc(Br)cc1Br. The molecule has 0 aliphatic carbocycles. The number of likely N-dealkylation sites (N-methyl/N-ethyl adjacent to an activating group) is 1. The van der Waals surface area contributed by atoms with Gasteiger partial charge in [0, 0.05) is 16.0 Å². The van der Waals surface area contributed by atoms with E-state index >= 15 is 0 Å². The molecule has 0 amide bonds. The fourth-order valence-corrected chi connectivity index (χ4v) is 4.45. The molecule has 0 aliphatic rings. The van der Waals surface area contributed by atoms with Crippen molar-refractivity contribution in [2.45, 2.75) is 24.3 Å². The summed E-state index contributed by atoms with van der Waals surface area (Å²) in [5.74, 6) is -1.22. The zero-order valence-corrected chi connectivity index (χ0v) is 14.5. The molecule has 1 aromatic carbocycles. The number of carboxylic acid groups (broad SMARTS) is 1. The van der Waals surface area contributed by atoms with Crippen LogP contribution in [0.5, 0.6) is 0 Å². The van der Waals surface area contributed by atoms with Gasteiger partial charge in [-0.1, -0.05) is 15.9 Å². The fourth-order valence-electron chi connectivity index (χ4n) is 1.27. The van der Waals surface area contributed by atoms with Gasteiger partial charge in [0.15, 0.2) is 0 Å². The van der Waals surface area contributed by atoms with Crippen LogP contribution >= 0.6 is 31.9 Å². The molecule has 0 aromatic heterocycles. The van der Waals surface area contributed by atoms with Gasteiger partial charge in [-0.15, -0.1) is 0 Å². The summed E-state index contributed by atoms with van der Waals surface area (Å²) in [5, 5.41) is 9.11. The quantitative estimate of drug-likeness (QED) is 0.821. The molecule has 5 nitrogen and oxygen atoms in total. The van der Waals surface area contributed by atoms with E-state index < -0.39 is 21.5 Å². The lowest BCUT2D eigenvalue weighted by Gasteiger charge is -2.30. The molecule has 8 heteroatoms. The largest absolute Gasteiger partial charge is 0.480 e. The average Bonchev–Trinajstić information content (AvgIpc) is 2.27. The van der Waals surface area contributed by atoms with Gasteiger partial charge in [0.05, 0.1) is 4.90 Å². The van der Waals surface area contributed by atoms with Gasteiger partial charge in [0.2, 0.25) is 10.0 Å². The summed E-state index contributed by atoms with van der Waals surface area (Å²) >= 11 is 6.40. The average molecular weight is 415 g/mol. The summed E-state index contributed by atoms with van der Waals surface area (Å²) in [7, 11) is -2.66. The number of carboxylic acids is 1. The van der Waals surface area contributed by atoms with Crippen LogP contribution < -0.4 is 0 Å². The van der Waals surface area contributed by atoms with Gasteiger partial charge in [-0.2, -0.15) is 4.31 Å². The second kappa shape index (κ2) is 5.51. The minimum Gasteiger partial charge on any atom is -0.480 e. The van der Waals surface area contributed by atoms with E-state index in [1.807, 2.05) is 0 Å². The molecule has 0 bridgehead atoms. The van der Waals surface area contributed by atoms with E-state index in [4.69, 9.17) is 5.11 Å². The number of carbonyl (C=O) groups is 1. The van der Waals surface area contributed by atoms with E-state index in [0.717, 1.165) is 8.78 Å². The van der Waals surface area contributed by atoms with Crippen LogP contribution in [0, 0.1) is 0 Å². The molecular formula is C11H13Br2NO4S. The Morgan fingerprint density at radius 2 is 1.84 bits per heavy atom. The maximum atomic E-state index is 12.4. The zero-order valence-electron chi connectivity index (χ0n) is 10.5. The van der Waals surface area contributed by atoms with Gasteiger partial charge in [0.1, 0.15) is 5.54 Å². The van der Waals surface area contributed by atoms with E-state index in [2.05, 4.69) is 31.9 Å². The maximum Gasteiger partial charge on any atom is 0.324 e. The number of sulfonamides is 1. The number of benzene rings is 1. The summed E-state index contributed by atoms with van der Waals surface area (Å²) in [5.41, 5.74) is -1.54. The number of hydrogen-bond acceptors (Lipinski definition) is 3. The van der Waals surface area contributed by atoms with Crippen molar-refractivity contribution in [1.82, 2.24) is 4.31 Å². The zero-order chi connectivity index (χ0) is 15.0. The number of hydrogen-bond donors (Lipinski definition) is 1. The lowest BCUT2D eigenvalue weighted by atomic mass is 10.1. The van der Waals surface area contributed by atoms with E-state index in [9.17, 15) is 13.2 Å². The summed E-state index contributed by atoms with van der Waals surface area (Å²) in [4.78, 5) is 11.2. The molecule has 0 aliphatic heterocycles. The summed E-state index contributed by atoms with van der Waals surface area (Å²) < 4.78 is 26.8. The Morgan fingerprint density at radius 3 is 2.26 bits per heavy atom.